The number of aromatic amines is 1. The first-order valence-corrected chi connectivity index (χ1v) is 10.2. The molecule has 2 aromatic heterocycles. The van der Waals surface area contributed by atoms with Crippen LogP contribution in [0, 0.1) is 0 Å². The topological polar surface area (TPSA) is 45.8 Å². The molecule has 122 valence electrons. The summed E-state index contributed by atoms with van der Waals surface area (Å²) in [5, 5.41) is 0.816. The van der Waals surface area contributed by atoms with Crippen LogP contribution < -0.4 is 5.56 Å². The van der Waals surface area contributed by atoms with E-state index in [-0.39, 0.29) is 5.56 Å². The number of benzene rings is 1. The molecule has 0 aliphatic heterocycles. The van der Waals surface area contributed by atoms with Gasteiger partial charge in [-0.1, -0.05) is 18.2 Å². The summed E-state index contributed by atoms with van der Waals surface area (Å²) in [5.74, 6) is 0.625. The minimum absolute atomic E-state index is 0.00298. The molecule has 3 nitrogen and oxygen atoms in total. The maximum atomic E-state index is 12.5. The molecule has 0 bridgehead atoms. The predicted octanol–water partition coefficient (Wildman–Crippen LogP) is 4.76. The van der Waals surface area contributed by atoms with E-state index < -0.39 is 0 Å². The monoisotopic (exact) mass is 354 g/mol. The van der Waals surface area contributed by atoms with E-state index in [1.54, 1.807) is 23.1 Å². The van der Waals surface area contributed by atoms with Gasteiger partial charge in [-0.2, -0.15) is 0 Å². The first-order valence-electron chi connectivity index (χ1n) is 8.11. The Kier molecular flexibility index (Phi) is 4.29. The predicted molar refractivity (Wildman–Crippen MR) is 104 cm³/mol. The molecule has 1 aliphatic rings. The third-order valence-electron chi connectivity index (χ3n) is 4.39. The van der Waals surface area contributed by atoms with E-state index >= 15 is 0 Å². The molecule has 2 heterocycles. The van der Waals surface area contributed by atoms with Crippen LogP contribution in [0.3, 0.4) is 0 Å². The SMILES string of the molecule is CSc1ccc(C=Cc2nc3sc4c(c3c(=O)[nH]2)CCCC4)cc1. The number of nitrogens with one attached hydrogen (secondary N) is 1. The summed E-state index contributed by atoms with van der Waals surface area (Å²) in [6.45, 7) is 0. The summed E-state index contributed by atoms with van der Waals surface area (Å²) in [7, 11) is 0. The van der Waals surface area contributed by atoms with Crippen LogP contribution in [-0.2, 0) is 12.8 Å². The van der Waals surface area contributed by atoms with Crippen molar-refractivity contribution in [2.45, 2.75) is 30.6 Å². The van der Waals surface area contributed by atoms with E-state index in [9.17, 15) is 4.79 Å². The number of aromatic nitrogens is 2. The molecule has 24 heavy (non-hydrogen) atoms. The average molecular weight is 355 g/mol. The van der Waals surface area contributed by atoms with Crippen molar-refractivity contribution in [1.29, 1.82) is 0 Å². The Balaban J connectivity index is 1.69. The van der Waals surface area contributed by atoms with Gasteiger partial charge in [0.05, 0.1) is 5.39 Å². The van der Waals surface area contributed by atoms with Gasteiger partial charge in [-0.3, -0.25) is 4.79 Å². The molecule has 1 aromatic carbocycles. The molecule has 1 N–H and O–H groups in total. The fourth-order valence-corrected chi connectivity index (χ4v) is 4.83. The van der Waals surface area contributed by atoms with Gasteiger partial charge in [0.2, 0.25) is 0 Å². The number of aryl methyl sites for hydroxylation is 2. The molecule has 3 aromatic rings. The largest absolute Gasteiger partial charge is 0.306 e. The lowest BCUT2D eigenvalue weighted by Crippen LogP contribution is -2.11. The van der Waals surface area contributed by atoms with E-state index in [1.165, 1.54) is 28.2 Å². The second-order valence-electron chi connectivity index (χ2n) is 5.95. The zero-order chi connectivity index (χ0) is 16.5. The number of thiophene rings is 1. The van der Waals surface area contributed by atoms with Gasteiger partial charge in [0.15, 0.2) is 0 Å². The summed E-state index contributed by atoms with van der Waals surface area (Å²) < 4.78 is 0. The number of H-pyrrole nitrogens is 1. The van der Waals surface area contributed by atoms with E-state index in [1.807, 2.05) is 12.2 Å². The highest BCUT2D eigenvalue weighted by atomic mass is 32.2. The molecule has 0 spiro atoms. The van der Waals surface area contributed by atoms with Crippen LogP contribution in [0.4, 0.5) is 0 Å². The van der Waals surface area contributed by atoms with Crippen molar-refractivity contribution < 1.29 is 0 Å². The Hall–Kier alpha value is -1.85. The highest BCUT2D eigenvalue weighted by molar-refractivity contribution is 7.98. The number of hydrogen-bond acceptors (Lipinski definition) is 4. The Morgan fingerprint density at radius 1 is 1.17 bits per heavy atom. The third kappa shape index (κ3) is 2.94. The zero-order valence-corrected chi connectivity index (χ0v) is 15.1. The zero-order valence-electron chi connectivity index (χ0n) is 13.5. The maximum absolute atomic E-state index is 12.5. The van der Waals surface area contributed by atoms with E-state index in [2.05, 4.69) is 40.5 Å². The number of thioether (sulfide) groups is 1. The third-order valence-corrected chi connectivity index (χ3v) is 6.32. The van der Waals surface area contributed by atoms with Crippen molar-refractivity contribution in [3.05, 3.63) is 56.4 Å². The van der Waals surface area contributed by atoms with Gasteiger partial charge in [0.1, 0.15) is 10.7 Å². The molecule has 0 unspecified atom stereocenters. The molecular weight excluding hydrogens is 336 g/mol. The lowest BCUT2D eigenvalue weighted by molar-refractivity contribution is 0.700. The molecule has 0 atom stereocenters. The molecule has 0 saturated carbocycles. The highest BCUT2D eigenvalue weighted by Gasteiger charge is 2.19. The van der Waals surface area contributed by atoms with Crippen LogP contribution in [0.25, 0.3) is 22.4 Å². The van der Waals surface area contributed by atoms with E-state index in [0.717, 1.165) is 28.6 Å². The van der Waals surface area contributed by atoms with Crippen molar-refractivity contribution in [3.63, 3.8) is 0 Å². The number of rotatable bonds is 3. The van der Waals surface area contributed by atoms with Crippen molar-refractivity contribution in [2.75, 3.05) is 6.26 Å². The van der Waals surface area contributed by atoms with Gasteiger partial charge >= 0.3 is 0 Å². The van der Waals surface area contributed by atoms with Crippen LogP contribution in [-0.4, -0.2) is 16.2 Å². The molecule has 1 aliphatic carbocycles. The van der Waals surface area contributed by atoms with Gasteiger partial charge in [0, 0.05) is 9.77 Å². The summed E-state index contributed by atoms with van der Waals surface area (Å²) in [6.07, 6.45) is 10.4. The van der Waals surface area contributed by atoms with Crippen molar-refractivity contribution in [2.24, 2.45) is 0 Å². The molecule has 0 saturated heterocycles. The van der Waals surface area contributed by atoms with Gasteiger partial charge < -0.3 is 4.98 Å². The minimum Gasteiger partial charge on any atom is -0.306 e. The fraction of sp³-hybridized carbons (Fsp3) is 0.263. The molecular formula is C19H18N2OS2. The van der Waals surface area contributed by atoms with Crippen LogP contribution in [0.15, 0.2) is 34.0 Å². The Morgan fingerprint density at radius 3 is 2.75 bits per heavy atom. The minimum atomic E-state index is -0.00298. The van der Waals surface area contributed by atoms with Crippen molar-refractivity contribution in [1.82, 2.24) is 9.97 Å². The quantitative estimate of drug-likeness (QED) is 0.690. The highest BCUT2D eigenvalue weighted by Crippen LogP contribution is 2.33. The second-order valence-corrected chi connectivity index (χ2v) is 7.91. The van der Waals surface area contributed by atoms with Crippen LogP contribution >= 0.6 is 23.1 Å². The Bertz CT molecular complexity index is 967. The molecule has 0 amide bonds. The summed E-state index contributed by atoms with van der Waals surface area (Å²) >= 11 is 3.41. The van der Waals surface area contributed by atoms with Crippen LogP contribution in [0.1, 0.15) is 34.7 Å². The molecule has 0 fully saturated rings. The Labute approximate surface area is 148 Å². The van der Waals surface area contributed by atoms with Crippen molar-refractivity contribution >= 4 is 45.5 Å². The number of nitrogens with zero attached hydrogens (tertiary/aromatic N) is 1. The normalized spacial score (nSPS) is 14.4. The van der Waals surface area contributed by atoms with Gasteiger partial charge in [-0.05, 0) is 61.3 Å². The standard InChI is InChI=1S/C19H18N2OS2/c1-23-13-9-6-12(7-10-13)8-11-16-20-18(22)17-14-4-2-3-5-15(14)24-19(17)21-16/h6-11H,2-5H2,1H3,(H,20,21,22). The fourth-order valence-electron chi connectivity index (χ4n) is 3.15. The summed E-state index contributed by atoms with van der Waals surface area (Å²) in [6, 6.07) is 8.33. The first-order chi connectivity index (χ1) is 11.7. The lowest BCUT2D eigenvalue weighted by atomic mass is 9.97. The van der Waals surface area contributed by atoms with Gasteiger partial charge in [0.25, 0.3) is 5.56 Å². The van der Waals surface area contributed by atoms with Crippen LogP contribution in [0.5, 0.6) is 0 Å². The molecule has 0 radical (unpaired) electrons. The average Bonchev–Trinajstić information content (AvgIpc) is 2.99. The lowest BCUT2D eigenvalue weighted by Gasteiger charge is -2.09. The summed E-state index contributed by atoms with van der Waals surface area (Å²) in [4.78, 5) is 23.6. The van der Waals surface area contributed by atoms with Crippen molar-refractivity contribution in [3.8, 4) is 0 Å². The molecule has 4 rings (SSSR count). The van der Waals surface area contributed by atoms with Gasteiger partial charge in [-0.15, -0.1) is 23.1 Å². The number of fused-ring (bicyclic) bond motifs is 3. The van der Waals surface area contributed by atoms with E-state index in [0.29, 0.717) is 5.82 Å². The Morgan fingerprint density at radius 2 is 1.96 bits per heavy atom. The van der Waals surface area contributed by atoms with Crippen LogP contribution in [0.2, 0.25) is 0 Å². The molecule has 5 heteroatoms. The van der Waals surface area contributed by atoms with Gasteiger partial charge in [-0.25, -0.2) is 4.98 Å². The number of hydrogen-bond donors (Lipinski definition) is 1. The summed E-state index contributed by atoms with van der Waals surface area (Å²) in [5.41, 5.74) is 2.33. The maximum Gasteiger partial charge on any atom is 0.260 e. The van der Waals surface area contributed by atoms with E-state index in [4.69, 9.17) is 0 Å². The first kappa shape index (κ1) is 15.7. The smallest absolute Gasteiger partial charge is 0.260 e. The second kappa shape index (κ2) is 6.57.